The minimum absolute atomic E-state index is 0.136. The molecule has 4 N–H and O–H groups in total. The Morgan fingerprint density at radius 2 is 2.10 bits per heavy atom. The van der Waals surface area contributed by atoms with Gasteiger partial charge in [0.1, 0.15) is 5.69 Å². The number of amides is 1. The summed E-state index contributed by atoms with van der Waals surface area (Å²) >= 11 is 0. The predicted molar refractivity (Wildman–Crippen MR) is 75.2 cm³/mol. The van der Waals surface area contributed by atoms with E-state index >= 15 is 0 Å². The average molecular weight is 268 g/mol. The van der Waals surface area contributed by atoms with Crippen LogP contribution in [-0.4, -0.2) is 22.4 Å². The SMILES string of the molecule is NCC#Cc1ccc(NC(=O)c2c[nH]c(=O)cn2)cc1. The zero-order valence-corrected chi connectivity index (χ0v) is 10.5. The fourth-order valence-electron chi connectivity index (χ4n) is 1.45. The van der Waals surface area contributed by atoms with Crippen LogP contribution in [0.5, 0.6) is 0 Å². The lowest BCUT2D eigenvalue weighted by Crippen LogP contribution is -2.16. The highest BCUT2D eigenvalue weighted by Crippen LogP contribution is 2.09. The molecule has 0 aliphatic rings. The van der Waals surface area contributed by atoms with Gasteiger partial charge in [0.2, 0.25) is 0 Å². The van der Waals surface area contributed by atoms with Crippen molar-refractivity contribution in [2.45, 2.75) is 0 Å². The third-order valence-corrected chi connectivity index (χ3v) is 2.38. The zero-order chi connectivity index (χ0) is 14.4. The molecule has 0 bridgehead atoms. The van der Waals surface area contributed by atoms with Crippen molar-refractivity contribution in [2.24, 2.45) is 5.73 Å². The summed E-state index contributed by atoms with van der Waals surface area (Å²) in [4.78, 5) is 28.8. The van der Waals surface area contributed by atoms with Crippen LogP contribution in [0.3, 0.4) is 0 Å². The molecular formula is C14H12N4O2. The van der Waals surface area contributed by atoms with Crippen LogP contribution in [0.1, 0.15) is 16.1 Å². The normalized spacial score (nSPS) is 9.45. The van der Waals surface area contributed by atoms with Gasteiger partial charge in [0.25, 0.3) is 11.5 Å². The molecule has 1 amide bonds. The van der Waals surface area contributed by atoms with Crippen molar-refractivity contribution in [3.8, 4) is 11.8 Å². The summed E-state index contributed by atoms with van der Waals surface area (Å²) in [6.45, 7) is 0.302. The lowest BCUT2D eigenvalue weighted by Gasteiger charge is -2.04. The standard InChI is InChI=1S/C14H12N4O2/c15-7-1-2-10-3-5-11(6-4-10)18-14(20)12-8-17-13(19)9-16-12/h3-6,8-9H,7,15H2,(H,17,19)(H,18,20). The second kappa shape index (κ2) is 6.31. The van der Waals surface area contributed by atoms with Crippen LogP contribution in [0.25, 0.3) is 0 Å². The predicted octanol–water partition coefficient (Wildman–Crippen LogP) is 0.332. The van der Waals surface area contributed by atoms with Crippen LogP contribution in [0.15, 0.2) is 41.5 Å². The Morgan fingerprint density at radius 1 is 1.35 bits per heavy atom. The Bertz CT molecular complexity index is 703. The number of nitrogens with zero attached hydrogens (tertiary/aromatic N) is 1. The highest BCUT2D eigenvalue weighted by atomic mass is 16.2. The number of hydrogen-bond donors (Lipinski definition) is 3. The Kier molecular flexibility index (Phi) is 4.27. The maximum absolute atomic E-state index is 11.8. The molecule has 2 rings (SSSR count). The van der Waals surface area contributed by atoms with E-state index in [2.05, 4.69) is 27.1 Å². The first-order valence-electron chi connectivity index (χ1n) is 5.84. The number of benzene rings is 1. The van der Waals surface area contributed by atoms with E-state index in [1.54, 1.807) is 24.3 Å². The van der Waals surface area contributed by atoms with Crippen LogP contribution in [0, 0.1) is 11.8 Å². The summed E-state index contributed by atoms with van der Waals surface area (Å²) in [5.74, 6) is 5.22. The first-order valence-corrected chi connectivity index (χ1v) is 5.84. The zero-order valence-electron chi connectivity index (χ0n) is 10.5. The van der Waals surface area contributed by atoms with E-state index in [-0.39, 0.29) is 11.3 Å². The summed E-state index contributed by atoms with van der Waals surface area (Å²) in [5.41, 5.74) is 6.49. The molecule has 0 atom stereocenters. The number of H-pyrrole nitrogens is 1. The van der Waals surface area contributed by atoms with Gasteiger partial charge in [-0.1, -0.05) is 11.8 Å². The topological polar surface area (TPSA) is 101 Å². The maximum Gasteiger partial charge on any atom is 0.275 e. The average Bonchev–Trinajstić information content (AvgIpc) is 2.47. The molecule has 100 valence electrons. The van der Waals surface area contributed by atoms with E-state index < -0.39 is 5.91 Å². The van der Waals surface area contributed by atoms with Crippen molar-refractivity contribution >= 4 is 11.6 Å². The van der Waals surface area contributed by atoms with Crippen molar-refractivity contribution in [1.82, 2.24) is 9.97 Å². The first-order chi connectivity index (χ1) is 9.69. The van der Waals surface area contributed by atoms with Gasteiger partial charge in [0, 0.05) is 17.4 Å². The molecular weight excluding hydrogens is 256 g/mol. The summed E-state index contributed by atoms with van der Waals surface area (Å²) in [6, 6.07) is 7.01. The van der Waals surface area contributed by atoms with Crippen LogP contribution < -0.4 is 16.6 Å². The molecule has 0 saturated heterocycles. The fraction of sp³-hybridized carbons (Fsp3) is 0.0714. The van der Waals surface area contributed by atoms with E-state index in [4.69, 9.17) is 5.73 Å². The van der Waals surface area contributed by atoms with Crippen molar-refractivity contribution in [3.63, 3.8) is 0 Å². The Morgan fingerprint density at radius 3 is 2.70 bits per heavy atom. The van der Waals surface area contributed by atoms with Gasteiger partial charge in [-0.25, -0.2) is 4.98 Å². The number of rotatable bonds is 2. The second-order valence-corrected chi connectivity index (χ2v) is 3.83. The lowest BCUT2D eigenvalue weighted by atomic mass is 10.2. The second-order valence-electron chi connectivity index (χ2n) is 3.83. The highest BCUT2D eigenvalue weighted by molar-refractivity contribution is 6.02. The summed E-state index contributed by atoms with van der Waals surface area (Å²) in [5, 5.41) is 2.66. The largest absolute Gasteiger partial charge is 0.325 e. The molecule has 0 aliphatic heterocycles. The van der Waals surface area contributed by atoms with Gasteiger partial charge in [-0.2, -0.15) is 0 Å². The van der Waals surface area contributed by atoms with Gasteiger partial charge in [0.05, 0.1) is 12.7 Å². The van der Waals surface area contributed by atoms with Gasteiger partial charge in [0.15, 0.2) is 0 Å². The molecule has 1 heterocycles. The van der Waals surface area contributed by atoms with E-state index in [1.807, 2.05) is 0 Å². The molecule has 0 saturated carbocycles. The quantitative estimate of drug-likeness (QED) is 0.683. The molecule has 20 heavy (non-hydrogen) atoms. The monoisotopic (exact) mass is 268 g/mol. The molecule has 0 unspecified atom stereocenters. The van der Waals surface area contributed by atoms with E-state index in [9.17, 15) is 9.59 Å². The van der Waals surface area contributed by atoms with Gasteiger partial charge in [-0.3, -0.25) is 9.59 Å². The van der Waals surface area contributed by atoms with Crippen LogP contribution in [-0.2, 0) is 0 Å². The van der Waals surface area contributed by atoms with E-state index in [0.717, 1.165) is 11.8 Å². The van der Waals surface area contributed by atoms with E-state index in [1.165, 1.54) is 6.20 Å². The van der Waals surface area contributed by atoms with Gasteiger partial charge < -0.3 is 16.0 Å². The van der Waals surface area contributed by atoms with Gasteiger partial charge in [-0.05, 0) is 24.3 Å². The lowest BCUT2D eigenvalue weighted by molar-refractivity contribution is 0.102. The minimum Gasteiger partial charge on any atom is -0.325 e. The smallest absolute Gasteiger partial charge is 0.275 e. The number of nitrogens with one attached hydrogen (secondary N) is 2. The molecule has 0 fully saturated rings. The van der Waals surface area contributed by atoms with Gasteiger partial charge >= 0.3 is 0 Å². The van der Waals surface area contributed by atoms with Crippen LogP contribution >= 0.6 is 0 Å². The number of nitrogens with two attached hydrogens (primary N) is 1. The molecule has 0 radical (unpaired) electrons. The van der Waals surface area contributed by atoms with Crippen molar-refractivity contribution in [1.29, 1.82) is 0 Å². The summed E-state index contributed by atoms with van der Waals surface area (Å²) in [7, 11) is 0. The number of aromatic nitrogens is 2. The van der Waals surface area contributed by atoms with E-state index in [0.29, 0.717) is 12.2 Å². The van der Waals surface area contributed by atoms with Crippen LogP contribution in [0.4, 0.5) is 5.69 Å². The maximum atomic E-state index is 11.8. The number of carbonyl (C=O) groups is 1. The van der Waals surface area contributed by atoms with Crippen molar-refractivity contribution in [2.75, 3.05) is 11.9 Å². The Hall–Kier alpha value is -2.91. The highest BCUT2D eigenvalue weighted by Gasteiger charge is 2.07. The fourth-order valence-corrected chi connectivity index (χ4v) is 1.45. The number of carbonyl (C=O) groups excluding carboxylic acids is 1. The molecule has 1 aromatic carbocycles. The molecule has 0 spiro atoms. The number of anilines is 1. The number of aromatic amines is 1. The molecule has 0 aliphatic carbocycles. The Labute approximate surface area is 115 Å². The van der Waals surface area contributed by atoms with Crippen molar-refractivity contribution < 1.29 is 4.79 Å². The van der Waals surface area contributed by atoms with Crippen molar-refractivity contribution in [3.05, 3.63) is 58.3 Å². The Balaban J connectivity index is 2.08. The molecule has 1 aromatic heterocycles. The molecule has 6 heteroatoms. The molecule has 2 aromatic rings. The third kappa shape index (κ3) is 3.54. The van der Waals surface area contributed by atoms with Crippen LogP contribution in [0.2, 0.25) is 0 Å². The summed E-state index contributed by atoms with van der Waals surface area (Å²) in [6.07, 6.45) is 2.32. The third-order valence-electron chi connectivity index (χ3n) is 2.38. The summed E-state index contributed by atoms with van der Waals surface area (Å²) < 4.78 is 0. The number of hydrogen-bond acceptors (Lipinski definition) is 4. The van der Waals surface area contributed by atoms with Gasteiger partial charge in [-0.15, -0.1) is 0 Å². The molecule has 6 nitrogen and oxygen atoms in total. The minimum atomic E-state index is -0.401. The first kappa shape index (κ1) is 13.5.